The minimum Gasteiger partial charge on any atom is -0.326 e. The second-order valence-corrected chi connectivity index (χ2v) is 3.59. The Morgan fingerprint density at radius 3 is 2.82 bits per heavy atom. The van der Waals surface area contributed by atoms with Crippen molar-refractivity contribution in [3.63, 3.8) is 0 Å². The third-order valence-electron chi connectivity index (χ3n) is 2.07. The first-order valence-corrected chi connectivity index (χ1v) is 4.30. The summed E-state index contributed by atoms with van der Waals surface area (Å²) in [4.78, 5) is 2.40. The van der Waals surface area contributed by atoms with Crippen molar-refractivity contribution in [3.05, 3.63) is 11.6 Å². The van der Waals surface area contributed by atoms with Crippen molar-refractivity contribution in [2.75, 3.05) is 19.6 Å². The third kappa shape index (κ3) is 3.04. The second kappa shape index (κ2) is 3.88. The van der Waals surface area contributed by atoms with E-state index in [1.165, 1.54) is 12.1 Å². The Hall–Kier alpha value is -0.340. The fraction of sp³-hybridized carbons (Fsp3) is 0.778. The molecule has 2 nitrogen and oxygen atoms in total. The van der Waals surface area contributed by atoms with Gasteiger partial charge in [-0.05, 0) is 20.3 Å². The van der Waals surface area contributed by atoms with E-state index in [4.69, 9.17) is 5.73 Å². The highest BCUT2D eigenvalue weighted by Crippen LogP contribution is 2.06. The van der Waals surface area contributed by atoms with Gasteiger partial charge in [0, 0.05) is 25.7 Å². The molecule has 2 heteroatoms. The van der Waals surface area contributed by atoms with E-state index >= 15 is 0 Å². The standard InChI is InChI=1S/C9H18N2/c1-8(2)3-5-11-6-4-9(10)7-11/h3,9H,4-7,10H2,1-2H3. The first-order chi connectivity index (χ1) is 5.18. The summed E-state index contributed by atoms with van der Waals surface area (Å²) in [5.74, 6) is 0. The lowest BCUT2D eigenvalue weighted by Crippen LogP contribution is -2.26. The van der Waals surface area contributed by atoms with Crippen LogP contribution < -0.4 is 5.73 Å². The predicted octanol–water partition coefficient (Wildman–Crippen LogP) is 0.986. The normalized spacial score (nSPS) is 25.5. The number of hydrogen-bond acceptors (Lipinski definition) is 2. The Morgan fingerprint density at radius 2 is 2.36 bits per heavy atom. The van der Waals surface area contributed by atoms with Crippen LogP contribution in [-0.4, -0.2) is 30.6 Å². The van der Waals surface area contributed by atoms with Gasteiger partial charge in [-0.25, -0.2) is 0 Å². The van der Waals surface area contributed by atoms with Crippen LogP contribution in [0.1, 0.15) is 20.3 Å². The molecule has 1 unspecified atom stereocenters. The molecule has 0 aromatic heterocycles. The van der Waals surface area contributed by atoms with Crippen molar-refractivity contribution in [3.8, 4) is 0 Å². The fourth-order valence-electron chi connectivity index (χ4n) is 1.34. The van der Waals surface area contributed by atoms with Crippen molar-refractivity contribution < 1.29 is 0 Å². The summed E-state index contributed by atoms with van der Waals surface area (Å²) < 4.78 is 0. The van der Waals surface area contributed by atoms with E-state index in [-0.39, 0.29) is 0 Å². The van der Waals surface area contributed by atoms with Gasteiger partial charge in [-0.3, -0.25) is 4.90 Å². The molecule has 1 heterocycles. The van der Waals surface area contributed by atoms with Gasteiger partial charge < -0.3 is 5.73 Å². The number of nitrogens with two attached hydrogens (primary N) is 1. The minimum atomic E-state index is 0.417. The average molecular weight is 154 g/mol. The lowest BCUT2D eigenvalue weighted by atomic mass is 10.3. The van der Waals surface area contributed by atoms with Gasteiger partial charge in [0.05, 0.1) is 0 Å². The van der Waals surface area contributed by atoms with Gasteiger partial charge in [-0.1, -0.05) is 11.6 Å². The SMILES string of the molecule is CC(C)=CCN1CCC(N)C1. The topological polar surface area (TPSA) is 29.3 Å². The Kier molecular flexibility index (Phi) is 3.09. The summed E-state index contributed by atoms with van der Waals surface area (Å²) >= 11 is 0. The lowest BCUT2D eigenvalue weighted by Gasteiger charge is -2.11. The number of hydrogen-bond donors (Lipinski definition) is 1. The number of rotatable bonds is 2. The molecule has 0 bridgehead atoms. The number of nitrogens with zero attached hydrogens (tertiary/aromatic N) is 1. The molecular formula is C9H18N2. The van der Waals surface area contributed by atoms with Crippen LogP contribution >= 0.6 is 0 Å². The molecule has 1 rings (SSSR count). The van der Waals surface area contributed by atoms with E-state index in [0.717, 1.165) is 19.5 Å². The first kappa shape index (κ1) is 8.75. The van der Waals surface area contributed by atoms with Crippen molar-refractivity contribution >= 4 is 0 Å². The Bertz CT molecular complexity index is 148. The van der Waals surface area contributed by atoms with Crippen molar-refractivity contribution in [1.29, 1.82) is 0 Å². The Labute approximate surface area is 69.1 Å². The molecule has 1 aliphatic heterocycles. The average Bonchev–Trinajstić information content (AvgIpc) is 2.31. The quantitative estimate of drug-likeness (QED) is 0.601. The second-order valence-electron chi connectivity index (χ2n) is 3.59. The van der Waals surface area contributed by atoms with Gasteiger partial charge in [0.2, 0.25) is 0 Å². The summed E-state index contributed by atoms with van der Waals surface area (Å²) in [5, 5.41) is 0. The van der Waals surface area contributed by atoms with Crippen LogP contribution in [0.15, 0.2) is 11.6 Å². The van der Waals surface area contributed by atoms with Crippen molar-refractivity contribution in [2.45, 2.75) is 26.3 Å². The molecule has 0 saturated carbocycles. The molecule has 2 N–H and O–H groups in total. The maximum Gasteiger partial charge on any atom is 0.0180 e. The van der Waals surface area contributed by atoms with Gasteiger partial charge in [-0.15, -0.1) is 0 Å². The molecule has 0 aromatic carbocycles. The van der Waals surface area contributed by atoms with Gasteiger partial charge in [0.15, 0.2) is 0 Å². The molecule has 0 radical (unpaired) electrons. The summed E-state index contributed by atoms with van der Waals surface area (Å²) in [7, 11) is 0. The summed E-state index contributed by atoms with van der Waals surface area (Å²) in [5.41, 5.74) is 7.16. The molecule has 1 aliphatic rings. The molecular weight excluding hydrogens is 136 g/mol. The maximum atomic E-state index is 5.77. The van der Waals surface area contributed by atoms with Gasteiger partial charge >= 0.3 is 0 Å². The van der Waals surface area contributed by atoms with E-state index in [1.807, 2.05) is 0 Å². The van der Waals surface area contributed by atoms with E-state index in [9.17, 15) is 0 Å². The van der Waals surface area contributed by atoms with Crippen LogP contribution in [-0.2, 0) is 0 Å². The van der Waals surface area contributed by atoms with Crippen LogP contribution in [0.25, 0.3) is 0 Å². The minimum absolute atomic E-state index is 0.417. The van der Waals surface area contributed by atoms with Crippen LogP contribution in [0.3, 0.4) is 0 Å². The highest BCUT2D eigenvalue weighted by Gasteiger charge is 2.16. The van der Waals surface area contributed by atoms with Crippen LogP contribution in [0.2, 0.25) is 0 Å². The smallest absolute Gasteiger partial charge is 0.0180 e. The zero-order chi connectivity index (χ0) is 8.27. The van der Waals surface area contributed by atoms with Gasteiger partial charge in [0.1, 0.15) is 0 Å². The van der Waals surface area contributed by atoms with Gasteiger partial charge in [0.25, 0.3) is 0 Å². The van der Waals surface area contributed by atoms with Crippen molar-refractivity contribution in [1.82, 2.24) is 4.90 Å². The summed E-state index contributed by atoms with van der Waals surface area (Å²) in [6, 6.07) is 0.417. The molecule has 1 fully saturated rings. The fourth-order valence-corrected chi connectivity index (χ4v) is 1.34. The summed E-state index contributed by atoms with van der Waals surface area (Å²) in [6.45, 7) is 7.59. The monoisotopic (exact) mass is 154 g/mol. The predicted molar refractivity (Wildman–Crippen MR) is 48.5 cm³/mol. The number of likely N-dealkylation sites (tertiary alicyclic amines) is 1. The first-order valence-electron chi connectivity index (χ1n) is 4.30. The summed E-state index contributed by atoms with van der Waals surface area (Å²) in [6.07, 6.45) is 3.43. The van der Waals surface area contributed by atoms with Crippen molar-refractivity contribution in [2.24, 2.45) is 5.73 Å². The molecule has 0 spiro atoms. The molecule has 1 saturated heterocycles. The number of allylic oxidation sites excluding steroid dienone is 1. The van der Waals surface area contributed by atoms with Crippen LogP contribution in [0.5, 0.6) is 0 Å². The highest BCUT2D eigenvalue weighted by atomic mass is 15.2. The largest absolute Gasteiger partial charge is 0.326 e. The molecule has 64 valence electrons. The third-order valence-corrected chi connectivity index (χ3v) is 2.07. The molecule has 0 amide bonds. The molecule has 0 aromatic rings. The van der Waals surface area contributed by atoms with Crippen LogP contribution in [0, 0.1) is 0 Å². The van der Waals surface area contributed by atoms with E-state index in [1.54, 1.807) is 0 Å². The zero-order valence-corrected chi connectivity index (χ0v) is 7.51. The zero-order valence-electron chi connectivity index (χ0n) is 7.51. The molecule has 0 aliphatic carbocycles. The van der Waals surface area contributed by atoms with E-state index in [2.05, 4.69) is 24.8 Å². The maximum absolute atomic E-state index is 5.77. The van der Waals surface area contributed by atoms with E-state index in [0.29, 0.717) is 6.04 Å². The van der Waals surface area contributed by atoms with E-state index < -0.39 is 0 Å². The Balaban J connectivity index is 2.23. The molecule has 1 atom stereocenters. The Morgan fingerprint density at radius 1 is 1.64 bits per heavy atom. The highest BCUT2D eigenvalue weighted by molar-refractivity contribution is 4.96. The van der Waals surface area contributed by atoms with Crippen LogP contribution in [0.4, 0.5) is 0 Å². The van der Waals surface area contributed by atoms with Gasteiger partial charge in [-0.2, -0.15) is 0 Å². The lowest BCUT2D eigenvalue weighted by molar-refractivity contribution is 0.371. The molecule has 11 heavy (non-hydrogen) atoms.